The first-order valence-corrected chi connectivity index (χ1v) is 8.37. The molecule has 0 spiro atoms. The van der Waals surface area contributed by atoms with Crippen molar-refractivity contribution in [2.24, 2.45) is 0 Å². The van der Waals surface area contributed by atoms with Crippen LogP contribution < -0.4 is 5.32 Å². The molecule has 0 heterocycles. The molecule has 1 unspecified atom stereocenters. The molecule has 0 amide bonds. The van der Waals surface area contributed by atoms with Crippen molar-refractivity contribution in [3.63, 3.8) is 0 Å². The van der Waals surface area contributed by atoms with Crippen LogP contribution in [0.25, 0.3) is 0 Å². The molecule has 4 heteroatoms. The van der Waals surface area contributed by atoms with Gasteiger partial charge in [0.15, 0.2) is 0 Å². The monoisotopic (exact) mass is 323 g/mol. The molecule has 1 atom stereocenters. The fourth-order valence-corrected chi connectivity index (χ4v) is 3.17. The molecule has 2 aromatic carbocycles. The highest BCUT2D eigenvalue weighted by Gasteiger charge is 2.07. The van der Waals surface area contributed by atoms with Gasteiger partial charge in [-0.2, -0.15) is 0 Å². The van der Waals surface area contributed by atoms with Gasteiger partial charge >= 0.3 is 0 Å². The maximum absolute atomic E-state index is 13.8. The summed E-state index contributed by atoms with van der Waals surface area (Å²) in [6.07, 6.45) is 0. The fraction of sp³-hybridized carbons (Fsp3) is 0.294. The van der Waals surface area contributed by atoms with Gasteiger partial charge in [0.05, 0.1) is 5.02 Å². The Bertz CT molecular complexity index is 586. The van der Waals surface area contributed by atoms with Crippen LogP contribution in [0.5, 0.6) is 0 Å². The topological polar surface area (TPSA) is 12.0 Å². The normalized spacial score (nSPS) is 12.4. The molecule has 0 aliphatic carbocycles. The number of halogens is 2. The summed E-state index contributed by atoms with van der Waals surface area (Å²) in [7, 11) is 0. The molecule has 0 saturated carbocycles. The molecule has 0 aliphatic rings. The second-order valence-electron chi connectivity index (χ2n) is 4.85. The predicted molar refractivity (Wildman–Crippen MR) is 89.5 cm³/mol. The standard InChI is InChI=1S/C17H19ClFNS/c1-3-20-12(2)13-7-9-15(10-8-13)21-11-14-5-4-6-16(18)17(14)19/h4-10,12,20H,3,11H2,1-2H3. The van der Waals surface area contributed by atoms with Gasteiger partial charge in [0.1, 0.15) is 5.82 Å². The number of thioether (sulfide) groups is 1. The molecule has 2 rings (SSSR count). The first-order chi connectivity index (χ1) is 10.1. The third kappa shape index (κ3) is 4.47. The molecular formula is C17H19ClFNS. The van der Waals surface area contributed by atoms with Crippen LogP contribution in [0.2, 0.25) is 5.02 Å². The van der Waals surface area contributed by atoms with Crippen LogP contribution in [-0.2, 0) is 5.75 Å². The Kier molecular flexibility index (Phi) is 6.09. The van der Waals surface area contributed by atoms with E-state index in [2.05, 4.69) is 43.4 Å². The van der Waals surface area contributed by atoms with Gasteiger partial charge in [0, 0.05) is 16.7 Å². The largest absolute Gasteiger partial charge is 0.310 e. The molecule has 0 bridgehead atoms. The maximum Gasteiger partial charge on any atom is 0.145 e. The lowest BCUT2D eigenvalue weighted by atomic mass is 10.1. The average Bonchev–Trinajstić information content (AvgIpc) is 2.49. The van der Waals surface area contributed by atoms with E-state index in [0.29, 0.717) is 17.4 Å². The number of benzene rings is 2. The van der Waals surface area contributed by atoms with E-state index in [0.717, 1.165) is 11.4 Å². The van der Waals surface area contributed by atoms with E-state index in [1.165, 1.54) is 5.56 Å². The highest BCUT2D eigenvalue weighted by Crippen LogP contribution is 2.27. The lowest BCUT2D eigenvalue weighted by molar-refractivity contribution is 0.598. The summed E-state index contributed by atoms with van der Waals surface area (Å²) in [5, 5.41) is 3.56. The summed E-state index contributed by atoms with van der Waals surface area (Å²) < 4.78 is 13.8. The molecule has 0 aromatic heterocycles. The highest BCUT2D eigenvalue weighted by atomic mass is 35.5. The number of nitrogens with one attached hydrogen (secondary N) is 1. The molecule has 0 saturated heterocycles. The molecule has 1 nitrogen and oxygen atoms in total. The van der Waals surface area contributed by atoms with E-state index >= 15 is 0 Å². The molecule has 112 valence electrons. The molecule has 1 N–H and O–H groups in total. The number of hydrogen-bond donors (Lipinski definition) is 1. The van der Waals surface area contributed by atoms with Crippen molar-refractivity contribution < 1.29 is 4.39 Å². The van der Waals surface area contributed by atoms with E-state index < -0.39 is 0 Å². The Hall–Kier alpha value is -1.03. The van der Waals surface area contributed by atoms with Crippen molar-refractivity contribution in [1.29, 1.82) is 0 Å². The zero-order chi connectivity index (χ0) is 15.2. The Labute approximate surface area is 134 Å². The molecule has 21 heavy (non-hydrogen) atoms. The SMILES string of the molecule is CCNC(C)c1ccc(SCc2cccc(Cl)c2F)cc1. The van der Waals surface area contributed by atoms with Gasteiger partial charge in [0.2, 0.25) is 0 Å². The zero-order valence-corrected chi connectivity index (χ0v) is 13.8. The number of rotatable bonds is 6. The predicted octanol–water partition coefficient (Wildman–Crippen LogP) is 5.44. The molecule has 2 aromatic rings. The minimum atomic E-state index is -0.316. The quantitative estimate of drug-likeness (QED) is 0.710. The van der Waals surface area contributed by atoms with Crippen molar-refractivity contribution in [3.8, 4) is 0 Å². The van der Waals surface area contributed by atoms with Crippen molar-refractivity contribution in [1.82, 2.24) is 5.32 Å². The average molecular weight is 324 g/mol. The first-order valence-electron chi connectivity index (χ1n) is 7.01. The summed E-state index contributed by atoms with van der Waals surface area (Å²) >= 11 is 7.40. The van der Waals surface area contributed by atoms with E-state index in [-0.39, 0.29) is 10.8 Å². The Morgan fingerprint density at radius 3 is 2.57 bits per heavy atom. The summed E-state index contributed by atoms with van der Waals surface area (Å²) in [5.74, 6) is 0.262. The second-order valence-corrected chi connectivity index (χ2v) is 6.31. The van der Waals surface area contributed by atoms with Crippen LogP contribution in [0, 0.1) is 5.82 Å². The van der Waals surface area contributed by atoms with Gasteiger partial charge < -0.3 is 5.32 Å². The molecular weight excluding hydrogens is 305 g/mol. The zero-order valence-electron chi connectivity index (χ0n) is 12.2. The van der Waals surface area contributed by atoms with Crippen molar-refractivity contribution in [2.75, 3.05) is 6.54 Å². The van der Waals surface area contributed by atoms with Crippen LogP contribution in [0.15, 0.2) is 47.4 Å². The minimum absolute atomic E-state index is 0.183. The third-order valence-corrected chi connectivity index (χ3v) is 4.67. The Morgan fingerprint density at radius 2 is 1.90 bits per heavy atom. The van der Waals surface area contributed by atoms with Crippen LogP contribution >= 0.6 is 23.4 Å². The van der Waals surface area contributed by atoms with E-state index in [1.54, 1.807) is 30.0 Å². The Morgan fingerprint density at radius 1 is 1.19 bits per heavy atom. The van der Waals surface area contributed by atoms with E-state index in [1.807, 2.05) is 0 Å². The fourth-order valence-electron chi connectivity index (χ4n) is 2.10. The second kappa shape index (κ2) is 7.83. The molecule has 0 radical (unpaired) electrons. The van der Waals surface area contributed by atoms with Crippen molar-refractivity contribution in [3.05, 3.63) is 64.4 Å². The van der Waals surface area contributed by atoms with Gasteiger partial charge in [-0.15, -0.1) is 11.8 Å². The highest BCUT2D eigenvalue weighted by molar-refractivity contribution is 7.98. The van der Waals surface area contributed by atoms with Crippen LogP contribution in [0.1, 0.15) is 31.0 Å². The smallest absolute Gasteiger partial charge is 0.145 e. The van der Waals surface area contributed by atoms with Gasteiger partial charge in [-0.25, -0.2) is 4.39 Å². The van der Waals surface area contributed by atoms with Gasteiger partial charge in [0.25, 0.3) is 0 Å². The van der Waals surface area contributed by atoms with Crippen LogP contribution in [-0.4, -0.2) is 6.54 Å². The number of hydrogen-bond acceptors (Lipinski definition) is 2. The van der Waals surface area contributed by atoms with Crippen molar-refractivity contribution >= 4 is 23.4 Å². The van der Waals surface area contributed by atoms with Crippen LogP contribution in [0.3, 0.4) is 0 Å². The van der Waals surface area contributed by atoms with Gasteiger partial charge in [-0.05, 0) is 42.8 Å². The van der Waals surface area contributed by atoms with E-state index in [4.69, 9.17) is 11.6 Å². The van der Waals surface area contributed by atoms with Gasteiger partial charge in [-0.3, -0.25) is 0 Å². The third-order valence-electron chi connectivity index (χ3n) is 3.32. The lowest BCUT2D eigenvalue weighted by Gasteiger charge is -2.13. The van der Waals surface area contributed by atoms with Crippen molar-refractivity contribution in [2.45, 2.75) is 30.5 Å². The van der Waals surface area contributed by atoms with Gasteiger partial charge in [-0.1, -0.05) is 42.8 Å². The molecule has 0 fully saturated rings. The summed E-state index contributed by atoms with van der Waals surface area (Å²) in [4.78, 5) is 1.13. The molecule has 0 aliphatic heterocycles. The minimum Gasteiger partial charge on any atom is -0.310 e. The maximum atomic E-state index is 13.8. The first kappa shape index (κ1) is 16.3. The summed E-state index contributed by atoms with van der Waals surface area (Å²) in [6.45, 7) is 5.19. The van der Waals surface area contributed by atoms with Crippen LogP contribution in [0.4, 0.5) is 4.39 Å². The lowest BCUT2D eigenvalue weighted by Crippen LogP contribution is -2.17. The summed E-state index contributed by atoms with van der Waals surface area (Å²) in [5.41, 5.74) is 1.90. The van der Waals surface area contributed by atoms with E-state index in [9.17, 15) is 4.39 Å². The Balaban J connectivity index is 1.99. The summed E-state index contributed by atoms with van der Waals surface area (Å²) in [6, 6.07) is 13.9.